The maximum absolute atomic E-state index is 12.0. The van der Waals surface area contributed by atoms with Gasteiger partial charge >= 0.3 is 10.0 Å². The van der Waals surface area contributed by atoms with Gasteiger partial charge in [0.1, 0.15) is 14.9 Å². The van der Waals surface area contributed by atoms with E-state index in [1.165, 1.54) is 42.6 Å². The van der Waals surface area contributed by atoms with Crippen molar-refractivity contribution in [3.63, 3.8) is 0 Å². The van der Waals surface area contributed by atoms with Gasteiger partial charge < -0.3 is 10.2 Å². The Labute approximate surface area is 320 Å². The molecule has 1 radical (unpaired) electrons. The number of anilines is 2. The van der Waals surface area contributed by atoms with E-state index >= 15 is 0 Å². The number of nitrogens with zero attached hydrogens (tertiary/aromatic N) is 4. The van der Waals surface area contributed by atoms with E-state index in [0.29, 0.717) is 10.0 Å². The number of rotatable bonds is 10. The van der Waals surface area contributed by atoms with Crippen LogP contribution in [0.25, 0.3) is 20.4 Å². The molecule has 0 bridgehead atoms. The van der Waals surface area contributed by atoms with Crippen molar-refractivity contribution in [3.8, 4) is 11.5 Å². The molecule has 0 aliphatic heterocycles. The molecule has 2 aromatic heterocycles. The van der Waals surface area contributed by atoms with Crippen LogP contribution >= 0.6 is 22.7 Å². The molecule has 21 heteroatoms. The molecular formula is C32H27CoN8O8S4-. The molecule has 0 saturated carbocycles. The minimum atomic E-state index is -3.97. The molecule has 0 aliphatic carbocycles. The summed E-state index contributed by atoms with van der Waals surface area (Å²) in [4.78, 5) is 32.3. The van der Waals surface area contributed by atoms with Crippen LogP contribution in [0.15, 0.2) is 105 Å². The fraction of sp³-hybridized carbons (Fsp3) is 0.0625. The van der Waals surface area contributed by atoms with Crippen LogP contribution in [0.5, 0.6) is 11.5 Å². The fourth-order valence-electron chi connectivity index (χ4n) is 4.30. The van der Waals surface area contributed by atoms with Crippen LogP contribution in [0.1, 0.15) is 23.9 Å². The third-order valence-corrected chi connectivity index (χ3v) is 10.8. The summed E-state index contributed by atoms with van der Waals surface area (Å²) in [6.07, 6.45) is 0. The molecule has 277 valence electrons. The molecule has 6 aromatic rings. The maximum atomic E-state index is 12.0. The number of sulfonamides is 2. The van der Waals surface area contributed by atoms with Crippen molar-refractivity contribution in [2.24, 2.45) is 15.3 Å². The summed E-state index contributed by atoms with van der Waals surface area (Å²) in [5.74, 6) is -1.65. The van der Waals surface area contributed by atoms with Gasteiger partial charge in [0.05, 0.1) is 25.3 Å². The number of benzene rings is 4. The number of hydrogen-bond acceptors (Lipinski definition) is 16. The zero-order chi connectivity index (χ0) is 37.8. The van der Waals surface area contributed by atoms with Crippen LogP contribution in [-0.4, -0.2) is 49.8 Å². The number of hydrogen-bond donors (Lipinski definition) is 4. The molecule has 0 saturated heterocycles. The first-order chi connectivity index (χ1) is 24.5. The molecule has 0 unspecified atom stereocenters. The molecule has 0 spiro atoms. The van der Waals surface area contributed by atoms with Crippen molar-refractivity contribution >= 4 is 97.5 Å². The normalized spacial score (nSPS) is 12.1. The first kappa shape index (κ1) is 40.6. The first-order valence-electron chi connectivity index (χ1n) is 14.7. The summed E-state index contributed by atoms with van der Waals surface area (Å²) in [5, 5.41) is 40.7. The average Bonchev–Trinajstić information content (AvgIpc) is 3.70. The Kier molecular flexibility index (Phi) is 12.8. The predicted octanol–water partition coefficient (Wildman–Crippen LogP) is 2.13. The molecule has 0 atom stereocenters. The molecule has 2 heterocycles. The Morgan fingerprint density at radius 3 is 1.47 bits per heavy atom. The molecular weight excluding hydrogens is 812 g/mol. The fourth-order valence-corrected chi connectivity index (χ4v) is 7.42. The number of ketones is 2. The molecule has 0 aliphatic rings. The minimum absolute atomic E-state index is 0. The third-order valence-electron chi connectivity index (χ3n) is 6.83. The number of thiazole rings is 2. The summed E-state index contributed by atoms with van der Waals surface area (Å²) >= 11 is 2.58. The summed E-state index contributed by atoms with van der Waals surface area (Å²) in [5.41, 5.74) is 6.28. The summed E-state index contributed by atoms with van der Waals surface area (Å²) < 4.78 is 47.7. The van der Waals surface area contributed by atoms with Crippen molar-refractivity contribution in [1.29, 1.82) is 0 Å². The number of carbonyl (C=O) groups is 2. The number of fused-ring (bicyclic) bond motifs is 2. The number of nitrogens with two attached hydrogens (primary N) is 1. The Morgan fingerprint density at radius 1 is 0.698 bits per heavy atom. The number of para-hydroxylation sites is 2. The Balaban J connectivity index is 0.000000232. The number of primary sulfonamides is 1. The minimum Gasteiger partial charge on any atom is -0.871 e. The van der Waals surface area contributed by atoms with E-state index in [0.717, 1.165) is 50.8 Å². The molecule has 0 amide bonds. The van der Waals surface area contributed by atoms with Crippen LogP contribution in [0.2, 0.25) is 0 Å². The topological polar surface area (TPSA) is 277 Å². The smallest absolute Gasteiger partial charge is 0.322 e. The largest absolute Gasteiger partial charge is 0.871 e. The number of quaternary nitrogens is 1. The number of aromatic nitrogens is 2. The van der Waals surface area contributed by atoms with Gasteiger partial charge in [-0.15, -0.1) is 22.7 Å². The molecule has 4 aromatic carbocycles. The van der Waals surface area contributed by atoms with Gasteiger partial charge in [-0.05, 0) is 48.5 Å². The first-order valence-corrected chi connectivity index (χ1v) is 19.5. The molecule has 0 fully saturated rings. The van der Waals surface area contributed by atoms with E-state index in [1.54, 1.807) is 0 Å². The standard InChI is InChI=1S/2C16H14N4O4S2.Co/c2*1-9(21)15(16-18-11-4-2-3-5-14(11)25-16)20-19-12-8-10(26(17,23)24)6-7-13(12)22;/h2*2-8,19,22H,1H3,(H2,17,23,24);/p-1. The Hall–Kier alpha value is -5.13. The summed E-state index contributed by atoms with van der Waals surface area (Å²) in [7, 11) is -7.69. The van der Waals surface area contributed by atoms with Crippen LogP contribution in [0.4, 0.5) is 11.4 Å². The summed E-state index contributed by atoms with van der Waals surface area (Å²) in [6.45, 7) is 2.66. The SMILES string of the molecule is CC(=O)C(=NNc1cc(S(N)(=O)=O)ccc1[O-])c1nc2ccccc2s1.CC(=O)C(=NNc1cc(S([NH3+])(=O)=O)ccc1[O-])c1nc2ccccc2s1.[Co]. The van der Waals surface area contributed by atoms with Crippen LogP contribution < -0.4 is 31.3 Å². The van der Waals surface area contributed by atoms with Crippen LogP contribution in [-0.2, 0) is 46.4 Å². The number of Topliss-reactive ketones (excluding diaryl/α,β-unsaturated/α-hetero) is 2. The zero-order valence-electron chi connectivity index (χ0n) is 27.4. The van der Waals surface area contributed by atoms with E-state index in [9.17, 15) is 36.6 Å². The Bertz CT molecular complexity index is 2390. The van der Waals surface area contributed by atoms with E-state index < -0.39 is 31.5 Å². The van der Waals surface area contributed by atoms with Gasteiger partial charge in [-0.1, -0.05) is 47.9 Å². The van der Waals surface area contributed by atoms with Gasteiger partial charge in [-0.25, -0.2) is 28.7 Å². The average molecular weight is 839 g/mol. The zero-order valence-corrected chi connectivity index (χ0v) is 31.7. The monoisotopic (exact) mass is 838 g/mol. The predicted molar refractivity (Wildman–Crippen MR) is 194 cm³/mol. The molecule has 53 heavy (non-hydrogen) atoms. The number of nitrogens with one attached hydrogen (secondary N) is 2. The molecule has 7 N–H and O–H groups in total. The number of carbonyl (C=O) groups excluding carboxylic acids is 2. The van der Waals surface area contributed by atoms with Crippen LogP contribution in [0, 0.1) is 0 Å². The van der Waals surface area contributed by atoms with Crippen molar-refractivity contribution in [1.82, 2.24) is 9.97 Å². The van der Waals surface area contributed by atoms with Crippen molar-refractivity contribution in [2.75, 3.05) is 10.9 Å². The number of hydrazone groups is 2. The van der Waals surface area contributed by atoms with Gasteiger partial charge in [-0.2, -0.15) is 18.6 Å². The second-order valence-corrected chi connectivity index (χ2v) is 16.0. The van der Waals surface area contributed by atoms with Gasteiger partial charge in [0.2, 0.25) is 10.0 Å². The van der Waals surface area contributed by atoms with E-state index in [1.807, 2.05) is 48.5 Å². The quantitative estimate of drug-likeness (QED) is 0.114. The van der Waals surface area contributed by atoms with Gasteiger partial charge in [-0.3, -0.25) is 20.4 Å². The second-order valence-electron chi connectivity index (χ2n) is 10.7. The molecule has 6 rings (SSSR count). The van der Waals surface area contributed by atoms with E-state index in [2.05, 4.69) is 36.2 Å². The third kappa shape index (κ3) is 10.1. The van der Waals surface area contributed by atoms with Gasteiger partial charge in [0.25, 0.3) is 0 Å². The van der Waals surface area contributed by atoms with E-state index in [4.69, 9.17) is 5.14 Å². The van der Waals surface area contributed by atoms with Crippen LogP contribution in [0.3, 0.4) is 0 Å². The van der Waals surface area contributed by atoms with Gasteiger partial charge in [0, 0.05) is 42.0 Å². The Morgan fingerprint density at radius 2 is 1.09 bits per heavy atom. The summed E-state index contributed by atoms with van der Waals surface area (Å²) in [6, 6.07) is 21.4. The van der Waals surface area contributed by atoms with Gasteiger partial charge in [0.15, 0.2) is 23.0 Å². The van der Waals surface area contributed by atoms with Crippen molar-refractivity contribution in [2.45, 2.75) is 23.6 Å². The van der Waals surface area contributed by atoms with Crippen molar-refractivity contribution in [3.05, 3.63) is 94.9 Å². The maximum Gasteiger partial charge on any atom is 0.322 e. The van der Waals surface area contributed by atoms with E-state index in [-0.39, 0.29) is 60.9 Å². The molecule has 16 nitrogen and oxygen atoms in total. The van der Waals surface area contributed by atoms with Crippen molar-refractivity contribution < 1.29 is 58.6 Å². The second kappa shape index (κ2) is 16.7.